The zero-order valence-corrected chi connectivity index (χ0v) is 11.2. The molecule has 2 amide bonds. The first-order valence-corrected chi connectivity index (χ1v) is 6.50. The summed E-state index contributed by atoms with van der Waals surface area (Å²) in [5.41, 5.74) is 0.715. The van der Waals surface area contributed by atoms with Gasteiger partial charge in [-0.05, 0) is 6.92 Å². The molecule has 1 saturated heterocycles. The summed E-state index contributed by atoms with van der Waals surface area (Å²) in [4.78, 5) is 26.3. The number of hydrogen-bond acceptors (Lipinski definition) is 6. The highest BCUT2D eigenvalue weighted by Gasteiger charge is 2.31. The Bertz CT molecular complexity index is 461. The maximum atomic E-state index is 11.8. The van der Waals surface area contributed by atoms with Gasteiger partial charge in [0, 0.05) is 38.2 Å². The summed E-state index contributed by atoms with van der Waals surface area (Å²) in [6.07, 6.45) is 0. The zero-order chi connectivity index (χ0) is 13.1. The van der Waals surface area contributed by atoms with Crippen LogP contribution in [-0.4, -0.2) is 57.9 Å². The standard InChI is InChI=1S/C10H15N5O2S/c1-3-11-8-7(12-13-18-8)6-15-5-4-14(2)9(16)10(15)17/h11H,3-6H2,1-2H3. The fourth-order valence-corrected chi connectivity index (χ4v) is 2.35. The van der Waals surface area contributed by atoms with Crippen molar-refractivity contribution in [1.29, 1.82) is 0 Å². The van der Waals surface area contributed by atoms with Crippen molar-refractivity contribution in [2.24, 2.45) is 0 Å². The topological polar surface area (TPSA) is 78.4 Å². The fourth-order valence-electron chi connectivity index (χ4n) is 1.71. The Morgan fingerprint density at radius 3 is 2.83 bits per heavy atom. The van der Waals surface area contributed by atoms with E-state index in [1.165, 1.54) is 21.3 Å². The minimum atomic E-state index is -0.473. The first-order chi connectivity index (χ1) is 8.63. The lowest BCUT2D eigenvalue weighted by atomic mass is 10.3. The Kier molecular flexibility index (Phi) is 3.75. The lowest BCUT2D eigenvalue weighted by Crippen LogP contribution is -2.52. The first kappa shape index (κ1) is 12.7. The maximum absolute atomic E-state index is 11.8. The number of piperazine rings is 1. The molecule has 0 bridgehead atoms. The number of carbonyl (C=O) groups is 2. The largest absolute Gasteiger partial charge is 0.374 e. The van der Waals surface area contributed by atoms with E-state index in [0.29, 0.717) is 25.3 Å². The van der Waals surface area contributed by atoms with E-state index in [2.05, 4.69) is 14.9 Å². The third-order valence-corrected chi connectivity index (χ3v) is 3.48. The highest BCUT2D eigenvalue weighted by Crippen LogP contribution is 2.19. The van der Waals surface area contributed by atoms with Crippen LogP contribution < -0.4 is 5.32 Å². The van der Waals surface area contributed by atoms with Gasteiger partial charge in [-0.25, -0.2) is 0 Å². The number of nitrogens with one attached hydrogen (secondary N) is 1. The number of aromatic nitrogens is 2. The van der Waals surface area contributed by atoms with Crippen LogP contribution in [0.25, 0.3) is 0 Å². The molecular formula is C10H15N5O2S. The van der Waals surface area contributed by atoms with E-state index in [4.69, 9.17) is 0 Å². The number of carbonyl (C=O) groups excluding carboxylic acids is 2. The molecule has 0 aliphatic carbocycles. The minimum Gasteiger partial charge on any atom is -0.374 e. The van der Waals surface area contributed by atoms with E-state index in [1.807, 2.05) is 6.92 Å². The molecule has 2 heterocycles. The van der Waals surface area contributed by atoms with Crippen molar-refractivity contribution in [3.8, 4) is 0 Å². The molecule has 1 aromatic heterocycles. The van der Waals surface area contributed by atoms with E-state index >= 15 is 0 Å². The van der Waals surface area contributed by atoms with Crippen molar-refractivity contribution in [3.05, 3.63) is 5.69 Å². The van der Waals surface area contributed by atoms with E-state index < -0.39 is 11.8 Å². The Morgan fingerprint density at radius 1 is 1.33 bits per heavy atom. The quantitative estimate of drug-likeness (QED) is 0.764. The molecule has 1 fully saturated rings. The fraction of sp³-hybridized carbons (Fsp3) is 0.600. The molecule has 0 aromatic carbocycles. The molecule has 0 radical (unpaired) electrons. The molecule has 1 aromatic rings. The highest BCUT2D eigenvalue weighted by atomic mass is 32.1. The average Bonchev–Trinajstić information content (AvgIpc) is 2.78. The number of amides is 2. The molecule has 2 rings (SSSR count). The normalized spacial score (nSPS) is 16.3. The van der Waals surface area contributed by atoms with E-state index in [9.17, 15) is 9.59 Å². The zero-order valence-electron chi connectivity index (χ0n) is 10.3. The molecular weight excluding hydrogens is 254 g/mol. The van der Waals surface area contributed by atoms with Gasteiger partial charge in [-0.1, -0.05) is 4.49 Å². The Hall–Kier alpha value is -1.70. The van der Waals surface area contributed by atoms with Crippen LogP contribution in [-0.2, 0) is 16.1 Å². The van der Waals surface area contributed by atoms with Gasteiger partial charge in [-0.15, -0.1) is 5.10 Å². The summed E-state index contributed by atoms with van der Waals surface area (Å²) in [5, 5.41) is 7.99. The monoisotopic (exact) mass is 269 g/mol. The molecule has 0 unspecified atom stereocenters. The van der Waals surface area contributed by atoms with E-state index in [-0.39, 0.29) is 0 Å². The van der Waals surface area contributed by atoms with Gasteiger partial charge in [0.05, 0.1) is 6.54 Å². The van der Waals surface area contributed by atoms with Crippen LogP contribution in [0.2, 0.25) is 0 Å². The molecule has 1 N–H and O–H groups in total. The predicted octanol–water partition coefficient (Wildman–Crippen LogP) is -0.230. The van der Waals surface area contributed by atoms with E-state index in [0.717, 1.165) is 11.5 Å². The van der Waals surface area contributed by atoms with E-state index in [1.54, 1.807) is 7.05 Å². The molecule has 0 spiro atoms. The van der Waals surface area contributed by atoms with Gasteiger partial charge in [-0.2, -0.15) is 0 Å². The van der Waals surface area contributed by atoms with Crippen LogP contribution >= 0.6 is 11.5 Å². The lowest BCUT2D eigenvalue weighted by Gasteiger charge is -2.31. The molecule has 1 aliphatic rings. The van der Waals surface area contributed by atoms with Gasteiger partial charge in [0.25, 0.3) is 0 Å². The SMILES string of the molecule is CCNc1snnc1CN1CCN(C)C(=O)C1=O. The summed E-state index contributed by atoms with van der Waals surface area (Å²) in [5.74, 6) is -0.936. The Labute approximate surface area is 109 Å². The number of nitrogens with zero attached hydrogens (tertiary/aromatic N) is 4. The van der Waals surface area contributed by atoms with Gasteiger partial charge in [0.1, 0.15) is 10.7 Å². The maximum Gasteiger partial charge on any atom is 0.312 e. The van der Waals surface area contributed by atoms with Gasteiger partial charge in [0.2, 0.25) is 0 Å². The minimum absolute atomic E-state index is 0.331. The summed E-state index contributed by atoms with van der Waals surface area (Å²) in [6.45, 7) is 4.17. The number of rotatable bonds is 4. The number of likely N-dealkylation sites (N-methyl/N-ethyl adjacent to an activating group) is 1. The molecule has 7 nitrogen and oxygen atoms in total. The molecule has 0 atom stereocenters. The third kappa shape index (κ3) is 2.42. The van der Waals surface area contributed by atoms with Crippen molar-refractivity contribution in [2.45, 2.75) is 13.5 Å². The van der Waals surface area contributed by atoms with Crippen LogP contribution in [0, 0.1) is 0 Å². The molecule has 98 valence electrons. The molecule has 0 saturated carbocycles. The van der Waals surface area contributed by atoms with Crippen LogP contribution in [0.15, 0.2) is 0 Å². The second-order valence-electron chi connectivity index (χ2n) is 4.03. The Balaban J connectivity index is 2.07. The van der Waals surface area contributed by atoms with Gasteiger partial charge < -0.3 is 15.1 Å². The van der Waals surface area contributed by atoms with Crippen molar-refractivity contribution in [1.82, 2.24) is 19.4 Å². The molecule has 8 heteroatoms. The summed E-state index contributed by atoms with van der Waals surface area (Å²) in [7, 11) is 1.63. The summed E-state index contributed by atoms with van der Waals surface area (Å²) < 4.78 is 3.86. The highest BCUT2D eigenvalue weighted by molar-refractivity contribution is 7.10. The van der Waals surface area contributed by atoms with Gasteiger partial charge in [-0.3, -0.25) is 9.59 Å². The third-order valence-electron chi connectivity index (χ3n) is 2.76. The second-order valence-corrected chi connectivity index (χ2v) is 4.79. The second kappa shape index (κ2) is 5.30. The smallest absolute Gasteiger partial charge is 0.312 e. The average molecular weight is 269 g/mol. The van der Waals surface area contributed by atoms with Crippen molar-refractivity contribution in [2.75, 3.05) is 32.0 Å². The van der Waals surface area contributed by atoms with Crippen molar-refractivity contribution >= 4 is 28.3 Å². The van der Waals surface area contributed by atoms with Gasteiger partial charge >= 0.3 is 11.8 Å². The van der Waals surface area contributed by atoms with Gasteiger partial charge in [0.15, 0.2) is 0 Å². The van der Waals surface area contributed by atoms with Crippen LogP contribution in [0.1, 0.15) is 12.6 Å². The number of hydrogen-bond donors (Lipinski definition) is 1. The van der Waals surface area contributed by atoms with Crippen LogP contribution in [0.5, 0.6) is 0 Å². The molecule has 18 heavy (non-hydrogen) atoms. The summed E-state index contributed by atoms with van der Waals surface area (Å²) in [6, 6.07) is 0. The number of anilines is 1. The van der Waals surface area contributed by atoms with Crippen molar-refractivity contribution < 1.29 is 9.59 Å². The molecule has 1 aliphatic heterocycles. The lowest BCUT2D eigenvalue weighted by molar-refractivity contribution is -0.155. The van der Waals surface area contributed by atoms with Crippen LogP contribution in [0.3, 0.4) is 0 Å². The predicted molar refractivity (Wildman–Crippen MR) is 67.1 cm³/mol. The summed E-state index contributed by atoms with van der Waals surface area (Å²) >= 11 is 1.26. The van der Waals surface area contributed by atoms with Crippen molar-refractivity contribution in [3.63, 3.8) is 0 Å². The van der Waals surface area contributed by atoms with Crippen LogP contribution in [0.4, 0.5) is 5.00 Å². The first-order valence-electron chi connectivity index (χ1n) is 5.73. The Morgan fingerprint density at radius 2 is 2.11 bits per heavy atom.